The van der Waals surface area contributed by atoms with Gasteiger partial charge in [0.25, 0.3) is 0 Å². The van der Waals surface area contributed by atoms with Crippen LogP contribution in [0.4, 0.5) is 0 Å². The number of carbonyl (C=O) groups is 1. The van der Waals surface area contributed by atoms with Crippen molar-refractivity contribution in [2.24, 2.45) is 4.99 Å². The van der Waals surface area contributed by atoms with E-state index in [9.17, 15) is 4.79 Å². The number of likely N-dealkylation sites (tertiary alicyclic amines) is 1. The molecule has 2 N–H and O–H groups in total. The highest BCUT2D eigenvalue weighted by Gasteiger charge is 2.21. The van der Waals surface area contributed by atoms with Crippen LogP contribution in [0.15, 0.2) is 23.2 Å². The number of nitrogens with one attached hydrogen (secondary N) is 2. The number of aliphatic imine (C=N–C) groups is 1. The summed E-state index contributed by atoms with van der Waals surface area (Å²) in [5.41, 5.74) is 1.37. The fraction of sp³-hybridized carbons (Fsp3) is 0.600. The Kier molecular flexibility index (Phi) is 7.91. The molecule has 150 valence electrons. The third-order valence-electron chi connectivity index (χ3n) is 4.95. The predicted molar refractivity (Wildman–Crippen MR) is 107 cm³/mol. The number of hydrogen-bond donors (Lipinski definition) is 2. The second-order valence-corrected chi connectivity index (χ2v) is 7.00. The first-order valence-corrected chi connectivity index (χ1v) is 9.45. The maximum Gasteiger partial charge on any atom is 0.341 e. The van der Waals surface area contributed by atoms with Gasteiger partial charge in [0.1, 0.15) is 11.3 Å². The standard InChI is InChI=1S/C20H32N4O3/c1-14(2)24-10-8-16(9-11-24)23-20(21-3)22-13-15-6-7-18(26-4)17(12-15)19(25)27-5/h6-7,12,14,16H,8-11,13H2,1-5H3,(H2,21,22,23). The van der Waals surface area contributed by atoms with Gasteiger partial charge in [0.2, 0.25) is 0 Å². The molecule has 1 aliphatic heterocycles. The van der Waals surface area contributed by atoms with E-state index in [1.165, 1.54) is 14.2 Å². The number of carbonyl (C=O) groups excluding carboxylic acids is 1. The summed E-state index contributed by atoms with van der Waals surface area (Å²) in [4.78, 5) is 18.7. The van der Waals surface area contributed by atoms with Gasteiger partial charge in [-0.25, -0.2) is 4.79 Å². The largest absolute Gasteiger partial charge is 0.496 e. The lowest BCUT2D eigenvalue weighted by Gasteiger charge is -2.35. The van der Waals surface area contributed by atoms with Crippen LogP contribution in [-0.4, -0.2) is 63.3 Å². The Labute approximate surface area is 162 Å². The Hall–Kier alpha value is -2.28. The van der Waals surface area contributed by atoms with Crippen LogP contribution in [-0.2, 0) is 11.3 Å². The summed E-state index contributed by atoms with van der Waals surface area (Å²) >= 11 is 0. The summed E-state index contributed by atoms with van der Waals surface area (Å²) < 4.78 is 10.1. The number of esters is 1. The molecule has 2 rings (SSSR count). The molecule has 0 bridgehead atoms. The van der Waals surface area contributed by atoms with Crippen LogP contribution in [0.1, 0.15) is 42.6 Å². The zero-order valence-electron chi connectivity index (χ0n) is 17.0. The Morgan fingerprint density at radius 2 is 2.00 bits per heavy atom. The van der Waals surface area contributed by atoms with Crippen molar-refractivity contribution in [1.29, 1.82) is 0 Å². The average molecular weight is 377 g/mol. The molecule has 1 fully saturated rings. The molecule has 0 radical (unpaired) electrons. The van der Waals surface area contributed by atoms with E-state index in [0.29, 0.717) is 29.9 Å². The molecule has 0 aromatic heterocycles. The molecule has 1 heterocycles. The van der Waals surface area contributed by atoms with Crippen molar-refractivity contribution in [2.75, 3.05) is 34.4 Å². The number of rotatable bonds is 6. The fourth-order valence-electron chi connectivity index (χ4n) is 3.27. The Balaban J connectivity index is 1.92. The van der Waals surface area contributed by atoms with Gasteiger partial charge >= 0.3 is 5.97 Å². The first kappa shape index (κ1) is 21.0. The van der Waals surface area contributed by atoms with Crippen LogP contribution < -0.4 is 15.4 Å². The molecule has 0 atom stereocenters. The number of nitrogens with zero attached hydrogens (tertiary/aromatic N) is 2. The summed E-state index contributed by atoms with van der Waals surface area (Å²) in [7, 11) is 4.67. The minimum Gasteiger partial charge on any atom is -0.496 e. The van der Waals surface area contributed by atoms with E-state index in [4.69, 9.17) is 9.47 Å². The molecule has 1 aromatic rings. The molecule has 1 aromatic carbocycles. The molecular weight excluding hydrogens is 344 g/mol. The number of guanidine groups is 1. The number of methoxy groups -OCH3 is 2. The first-order chi connectivity index (χ1) is 13.0. The minimum absolute atomic E-state index is 0.409. The zero-order valence-corrected chi connectivity index (χ0v) is 17.0. The SMILES string of the molecule is CN=C(NCc1ccc(OC)c(C(=O)OC)c1)NC1CCN(C(C)C)CC1. The van der Waals surface area contributed by atoms with Gasteiger partial charge in [0.15, 0.2) is 5.96 Å². The van der Waals surface area contributed by atoms with Crippen molar-refractivity contribution in [3.8, 4) is 5.75 Å². The van der Waals surface area contributed by atoms with Crippen molar-refractivity contribution in [3.05, 3.63) is 29.3 Å². The van der Waals surface area contributed by atoms with Crippen LogP contribution >= 0.6 is 0 Å². The summed E-state index contributed by atoms with van der Waals surface area (Å²) in [6.45, 7) is 7.25. The van der Waals surface area contributed by atoms with E-state index in [1.54, 1.807) is 19.2 Å². The van der Waals surface area contributed by atoms with Crippen molar-refractivity contribution < 1.29 is 14.3 Å². The van der Waals surface area contributed by atoms with E-state index < -0.39 is 5.97 Å². The lowest BCUT2D eigenvalue weighted by molar-refractivity contribution is 0.0597. The molecule has 1 saturated heterocycles. The zero-order chi connectivity index (χ0) is 19.8. The first-order valence-electron chi connectivity index (χ1n) is 9.45. The smallest absolute Gasteiger partial charge is 0.341 e. The second-order valence-electron chi connectivity index (χ2n) is 7.00. The molecular formula is C20H32N4O3. The van der Waals surface area contributed by atoms with Crippen LogP contribution in [0.25, 0.3) is 0 Å². The summed E-state index contributed by atoms with van der Waals surface area (Å²) in [5, 5.41) is 6.82. The molecule has 0 spiro atoms. The van der Waals surface area contributed by atoms with Gasteiger partial charge in [0, 0.05) is 38.8 Å². The molecule has 1 aliphatic rings. The van der Waals surface area contributed by atoms with Gasteiger partial charge in [-0.15, -0.1) is 0 Å². The third-order valence-corrected chi connectivity index (χ3v) is 4.95. The van der Waals surface area contributed by atoms with Gasteiger partial charge in [-0.05, 0) is 44.4 Å². The van der Waals surface area contributed by atoms with Crippen LogP contribution in [0, 0.1) is 0 Å². The van der Waals surface area contributed by atoms with Crippen LogP contribution in [0.2, 0.25) is 0 Å². The quantitative estimate of drug-likeness (QED) is 0.449. The maximum absolute atomic E-state index is 11.9. The summed E-state index contributed by atoms with van der Waals surface area (Å²) in [5.74, 6) is 0.867. The highest BCUT2D eigenvalue weighted by atomic mass is 16.5. The van der Waals surface area contributed by atoms with E-state index in [2.05, 4.69) is 34.4 Å². The van der Waals surface area contributed by atoms with Gasteiger partial charge in [-0.3, -0.25) is 4.99 Å². The highest BCUT2D eigenvalue weighted by molar-refractivity contribution is 5.92. The molecule has 0 saturated carbocycles. The molecule has 27 heavy (non-hydrogen) atoms. The van der Waals surface area contributed by atoms with Gasteiger partial charge < -0.3 is 25.0 Å². The average Bonchev–Trinajstić information content (AvgIpc) is 2.70. The van der Waals surface area contributed by atoms with Crippen LogP contribution in [0.5, 0.6) is 5.75 Å². The summed E-state index contributed by atoms with van der Waals surface area (Å²) in [6.07, 6.45) is 2.21. The second kappa shape index (κ2) is 10.2. The topological polar surface area (TPSA) is 75.2 Å². The van der Waals surface area contributed by atoms with E-state index in [0.717, 1.165) is 37.5 Å². The molecule has 7 heteroatoms. The molecule has 0 amide bonds. The number of piperidine rings is 1. The highest BCUT2D eigenvalue weighted by Crippen LogP contribution is 2.20. The van der Waals surface area contributed by atoms with E-state index in [1.807, 2.05) is 6.07 Å². The molecule has 0 aliphatic carbocycles. The number of hydrogen-bond acceptors (Lipinski definition) is 5. The minimum atomic E-state index is -0.409. The summed E-state index contributed by atoms with van der Waals surface area (Å²) in [6, 6.07) is 6.51. The number of ether oxygens (including phenoxy) is 2. The predicted octanol–water partition coefficient (Wildman–Crippen LogP) is 2.02. The van der Waals surface area contributed by atoms with E-state index in [-0.39, 0.29) is 0 Å². The lowest BCUT2D eigenvalue weighted by atomic mass is 10.0. The third kappa shape index (κ3) is 5.85. The number of benzene rings is 1. The Morgan fingerprint density at radius 1 is 1.30 bits per heavy atom. The van der Waals surface area contributed by atoms with E-state index >= 15 is 0 Å². The Morgan fingerprint density at radius 3 is 2.56 bits per heavy atom. The molecule has 0 unspecified atom stereocenters. The van der Waals surface area contributed by atoms with Gasteiger partial charge in [-0.2, -0.15) is 0 Å². The maximum atomic E-state index is 11.9. The lowest BCUT2D eigenvalue weighted by Crippen LogP contribution is -2.49. The fourth-order valence-corrected chi connectivity index (χ4v) is 3.27. The van der Waals surface area contributed by atoms with Gasteiger partial charge in [0.05, 0.1) is 14.2 Å². The normalized spacial score (nSPS) is 16.3. The van der Waals surface area contributed by atoms with Gasteiger partial charge in [-0.1, -0.05) is 6.07 Å². The van der Waals surface area contributed by atoms with Crippen LogP contribution in [0.3, 0.4) is 0 Å². The molecule has 7 nitrogen and oxygen atoms in total. The van der Waals surface area contributed by atoms with Crippen molar-refractivity contribution in [2.45, 2.75) is 45.3 Å². The van der Waals surface area contributed by atoms with Crippen molar-refractivity contribution in [1.82, 2.24) is 15.5 Å². The van der Waals surface area contributed by atoms with Crippen molar-refractivity contribution in [3.63, 3.8) is 0 Å². The van der Waals surface area contributed by atoms with Crippen molar-refractivity contribution >= 4 is 11.9 Å². The Bertz CT molecular complexity index is 653. The monoisotopic (exact) mass is 376 g/mol.